The molecule has 0 aromatic carbocycles. The Morgan fingerprint density at radius 1 is 1.17 bits per heavy atom. The molecule has 158 valence electrons. The van der Waals surface area contributed by atoms with Crippen LogP contribution in [0.3, 0.4) is 0 Å². The van der Waals surface area contributed by atoms with Crippen LogP contribution in [0.4, 0.5) is 0 Å². The molecular formula is C22H32N4O2S. The second-order valence-corrected chi connectivity index (χ2v) is 10.1. The summed E-state index contributed by atoms with van der Waals surface area (Å²) in [6.45, 7) is 4.34. The van der Waals surface area contributed by atoms with Gasteiger partial charge in [-0.1, -0.05) is 6.08 Å². The molecule has 0 aliphatic carbocycles. The lowest BCUT2D eigenvalue weighted by atomic mass is 9.87. The van der Waals surface area contributed by atoms with Gasteiger partial charge in [-0.3, -0.25) is 9.59 Å². The second-order valence-electron chi connectivity index (χ2n) is 8.94. The summed E-state index contributed by atoms with van der Waals surface area (Å²) in [4.78, 5) is 36.1. The van der Waals surface area contributed by atoms with E-state index in [1.54, 1.807) is 17.4 Å². The van der Waals surface area contributed by atoms with Gasteiger partial charge in [0.2, 0.25) is 5.91 Å². The smallest absolute Gasteiger partial charge is 0.264 e. The van der Waals surface area contributed by atoms with Crippen molar-refractivity contribution in [1.29, 1.82) is 0 Å². The van der Waals surface area contributed by atoms with Crippen molar-refractivity contribution in [1.82, 2.24) is 19.6 Å². The van der Waals surface area contributed by atoms with Crippen molar-refractivity contribution >= 4 is 23.2 Å². The lowest BCUT2D eigenvalue weighted by Gasteiger charge is -2.55. The first-order valence-electron chi connectivity index (χ1n) is 10.6. The first-order chi connectivity index (χ1) is 13.9. The summed E-state index contributed by atoms with van der Waals surface area (Å²) in [6.07, 6.45) is 6.97. The van der Waals surface area contributed by atoms with Gasteiger partial charge in [-0.15, -0.1) is 11.3 Å². The third-order valence-electron chi connectivity index (χ3n) is 6.42. The molecular weight excluding hydrogens is 384 g/mol. The van der Waals surface area contributed by atoms with E-state index in [1.165, 1.54) is 17.7 Å². The number of fused-ring (bicyclic) bond motifs is 2. The van der Waals surface area contributed by atoms with Crippen LogP contribution < -0.4 is 0 Å². The fourth-order valence-corrected chi connectivity index (χ4v) is 5.87. The van der Waals surface area contributed by atoms with Crippen molar-refractivity contribution in [2.24, 2.45) is 0 Å². The Kier molecular flexibility index (Phi) is 6.08. The van der Waals surface area contributed by atoms with Crippen LogP contribution in [0.5, 0.6) is 0 Å². The summed E-state index contributed by atoms with van der Waals surface area (Å²) in [6, 6.07) is 4.50. The average Bonchev–Trinajstić information content (AvgIpc) is 3.17. The molecule has 2 atom stereocenters. The third kappa shape index (κ3) is 4.42. The second kappa shape index (κ2) is 8.58. The number of hydrogen-bond acceptors (Lipinski definition) is 5. The zero-order valence-electron chi connectivity index (χ0n) is 17.7. The number of amides is 2. The molecule has 4 aliphatic heterocycles. The topological polar surface area (TPSA) is 47.1 Å². The number of carbonyl (C=O) groups is 2. The number of rotatable bonds is 5. The average molecular weight is 417 g/mol. The van der Waals surface area contributed by atoms with Crippen molar-refractivity contribution in [2.75, 3.05) is 53.9 Å². The standard InChI is InChI=1S/C22H32N4O2S/c1-23(2)10-4-5-21(27)26-17-13-18(26)15-25(14-17)22(28)20-7-6-19(29-20)16-8-11-24(3)12-9-16/h4-7,16-18H,8-15H2,1-3H3/b5-4+. The molecule has 0 radical (unpaired) electrons. The Hall–Kier alpha value is -1.70. The van der Waals surface area contributed by atoms with Crippen LogP contribution >= 0.6 is 11.3 Å². The SMILES string of the molecule is CN(C)C/C=C/C(=O)N1C2CC1CN(C(=O)c1ccc(C3CCN(C)CC3)s1)C2. The molecule has 0 spiro atoms. The van der Waals surface area contributed by atoms with Gasteiger partial charge in [-0.05, 0) is 71.5 Å². The Morgan fingerprint density at radius 3 is 2.52 bits per heavy atom. The maximum atomic E-state index is 13.0. The molecule has 5 heterocycles. The maximum Gasteiger partial charge on any atom is 0.264 e. The van der Waals surface area contributed by atoms with Crippen LogP contribution in [-0.4, -0.2) is 97.4 Å². The van der Waals surface area contributed by atoms with E-state index in [0.717, 1.165) is 30.9 Å². The zero-order valence-corrected chi connectivity index (χ0v) is 18.5. The largest absolute Gasteiger partial charge is 0.334 e. The highest BCUT2D eigenvalue weighted by molar-refractivity contribution is 7.14. The number of hydrogen-bond donors (Lipinski definition) is 0. The molecule has 1 aromatic rings. The van der Waals surface area contributed by atoms with Gasteiger partial charge in [-0.25, -0.2) is 0 Å². The normalized spacial score (nSPS) is 25.7. The summed E-state index contributed by atoms with van der Waals surface area (Å²) in [5.41, 5.74) is 0. The van der Waals surface area contributed by atoms with Crippen LogP contribution in [0.15, 0.2) is 24.3 Å². The third-order valence-corrected chi connectivity index (χ3v) is 7.66. The monoisotopic (exact) mass is 416 g/mol. The van der Waals surface area contributed by atoms with Crippen molar-refractivity contribution in [3.05, 3.63) is 34.0 Å². The lowest BCUT2D eigenvalue weighted by molar-refractivity contribution is -0.146. The molecule has 7 heteroatoms. The van der Waals surface area contributed by atoms with Gasteiger partial charge < -0.3 is 19.6 Å². The predicted molar refractivity (Wildman–Crippen MR) is 116 cm³/mol. The minimum atomic E-state index is 0.0841. The highest BCUT2D eigenvalue weighted by Crippen LogP contribution is 2.36. The fourth-order valence-electron chi connectivity index (χ4n) is 4.72. The van der Waals surface area contributed by atoms with Crippen LogP contribution in [0, 0.1) is 0 Å². The molecule has 5 rings (SSSR count). The Bertz CT molecular complexity index is 770. The Labute approximate surface area is 177 Å². The van der Waals surface area contributed by atoms with Gasteiger partial charge in [-0.2, -0.15) is 0 Å². The molecule has 2 unspecified atom stereocenters. The van der Waals surface area contributed by atoms with Gasteiger partial charge in [0.1, 0.15) is 0 Å². The quantitative estimate of drug-likeness (QED) is 0.690. The number of carbonyl (C=O) groups excluding carboxylic acids is 2. The van der Waals surface area contributed by atoms with Crippen LogP contribution in [0.2, 0.25) is 0 Å². The van der Waals surface area contributed by atoms with E-state index in [1.807, 2.05) is 40.9 Å². The molecule has 6 nitrogen and oxygen atoms in total. The van der Waals surface area contributed by atoms with E-state index in [9.17, 15) is 9.59 Å². The number of nitrogens with zero attached hydrogens (tertiary/aromatic N) is 4. The van der Waals surface area contributed by atoms with E-state index in [4.69, 9.17) is 0 Å². The number of likely N-dealkylation sites (tertiary alicyclic amines) is 1. The van der Waals surface area contributed by atoms with E-state index in [2.05, 4.69) is 18.0 Å². The molecule has 4 fully saturated rings. The number of piperidine rings is 2. The number of piperazine rings is 1. The van der Waals surface area contributed by atoms with E-state index < -0.39 is 0 Å². The van der Waals surface area contributed by atoms with Crippen LogP contribution in [0.25, 0.3) is 0 Å². The lowest BCUT2D eigenvalue weighted by Crippen LogP contribution is -2.70. The molecule has 4 aliphatic rings. The summed E-state index contributed by atoms with van der Waals surface area (Å²) < 4.78 is 0. The highest BCUT2D eigenvalue weighted by Gasteiger charge is 2.47. The molecule has 0 saturated carbocycles. The molecule has 2 amide bonds. The summed E-state index contributed by atoms with van der Waals surface area (Å²) >= 11 is 1.67. The van der Waals surface area contributed by atoms with Crippen LogP contribution in [0.1, 0.15) is 39.7 Å². The maximum absolute atomic E-state index is 13.0. The van der Waals surface area contributed by atoms with Gasteiger partial charge in [0.15, 0.2) is 0 Å². The van der Waals surface area contributed by atoms with Gasteiger partial charge in [0.05, 0.1) is 17.0 Å². The van der Waals surface area contributed by atoms with E-state index >= 15 is 0 Å². The van der Waals surface area contributed by atoms with Gasteiger partial charge in [0, 0.05) is 30.6 Å². The van der Waals surface area contributed by atoms with E-state index in [0.29, 0.717) is 19.0 Å². The Balaban J connectivity index is 1.33. The highest BCUT2D eigenvalue weighted by atomic mass is 32.1. The minimum Gasteiger partial charge on any atom is -0.334 e. The predicted octanol–water partition coefficient (Wildman–Crippen LogP) is 2.10. The first-order valence-corrected chi connectivity index (χ1v) is 11.4. The number of thiophene rings is 1. The molecule has 2 bridgehead atoms. The summed E-state index contributed by atoms with van der Waals surface area (Å²) in [7, 11) is 6.14. The number of likely N-dealkylation sites (N-methyl/N-ethyl adjacent to an activating group) is 1. The van der Waals surface area contributed by atoms with Crippen LogP contribution in [-0.2, 0) is 4.79 Å². The molecule has 0 N–H and O–H groups in total. The molecule has 1 aromatic heterocycles. The van der Waals surface area contributed by atoms with Crippen molar-refractivity contribution in [3.63, 3.8) is 0 Å². The van der Waals surface area contributed by atoms with Gasteiger partial charge in [0.25, 0.3) is 5.91 Å². The van der Waals surface area contributed by atoms with Crippen molar-refractivity contribution < 1.29 is 9.59 Å². The Morgan fingerprint density at radius 2 is 1.86 bits per heavy atom. The van der Waals surface area contributed by atoms with E-state index in [-0.39, 0.29) is 23.9 Å². The molecule has 4 saturated heterocycles. The van der Waals surface area contributed by atoms with Gasteiger partial charge >= 0.3 is 0 Å². The van der Waals surface area contributed by atoms with Crippen molar-refractivity contribution in [3.8, 4) is 0 Å². The zero-order chi connectivity index (χ0) is 20.5. The summed E-state index contributed by atoms with van der Waals surface area (Å²) in [5, 5.41) is 0. The minimum absolute atomic E-state index is 0.0841. The fraction of sp³-hybridized carbons (Fsp3) is 0.636. The first kappa shape index (κ1) is 20.6. The summed E-state index contributed by atoms with van der Waals surface area (Å²) in [5.74, 6) is 0.814. The van der Waals surface area contributed by atoms with Crippen molar-refractivity contribution in [2.45, 2.75) is 37.3 Å². The molecule has 29 heavy (non-hydrogen) atoms.